The monoisotopic (exact) mass is 366 g/mol. The normalized spacial score (nSPS) is 11.6. The van der Waals surface area contributed by atoms with Crippen LogP contribution in [0.4, 0.5) is 4.79 Å². The zero-order valence-electron chi connectivity index (χ0n) is 14.6. The Hall–Kier alpha value is -3.61. The number of imide groups is 1. The minimum absolute atomic E-state index is 0.0251. The number of hydrogen-bond donors (Lipinski definition) is 2. The van der Waals surface area contributed by atoms with Crippen LogP contribution in [0.3, 0.4) is 0 Å². The van der Waals surface area contributed by atoms with Crippen molar-refractivity contribution in [3.05, 3.63) is 72.0 Å². The van der Waals surface area contributed by atoms with Gasteiger partial charge in [-0.15, -0.1) is 0 Å². The van der Waals surface area contributed by atoms with Gasteiger partial charge in [0.1, 0.15) is 5.58 Å². The molecule has 0 aliphatic heterocycles. The summed E-state index contributed by atoms with van der Waals surface area (Å²) in [6.07, 6.45) is -1.30. The summed E-state index contributed by atoms with van der Waals surface area (Å²) in [4.78, 5) is 36.7. The number of nitrogens with one attached hydrogen (secondary N) is 2. The smallest absolute Gasteiger partial charge is 0.375 e. The SMILES string of the molecule is CCNC(=O)NC(=O)[C@@H](OC(=O)c1cc2ccccc2o1)c1ccccc1. The molecule has 1 heterocycles. The molecule has 0 fully saturated rings. The van der Waals surface area contributed by atoms with Crippen molar-refractivity contribution in [3.63, 3.8) is 0 Å². The molecule has 7 heteroatoms. The number of carbonyl (C=O) groups is 3. The van der Waals surface area contributed by atoms with E-state index in [1.807, 2.05) is 6.07 Å². The van der Waals surface area contributed by atoms with Gasteiger partial charge in [-0.05, 0) is 19.1 Å². The van der Waals surface area contributed by atoms with Crippen LogP contribution in [0.2, 0.25) is 0 Å². The summed E-state index contributed by atoms with van der Waals surface area (Å²) in [5, 5.41) is 5.36. The molecule has 1 atom stereocenters. The highest BCUT2D eigenvalue weighted by Crippen LogP contribution is 2.23. The Morgan fingerprint density at radius 2 is 1.74 bits per heavy atom. The predicted octanol–water partition coefficient (Wildman–Crippen LogP) is 3.18. The van der Waals surface area contributed by atoms with Crippen LogP contribution in [0, 0.1) is 0 Å². The van der Waals surface area contributed by atoms with Gasteiger partial charge in [0, 0.05) is 17.5 Å². The van der Waals surface area contributed by atoms with Gasteiger partial charge in [-0.25, -0.2) is 9.59 Å². The molecule has 3 aromatic rings. The van der Waals surface area contributed by atoms with Crippen molar-refractivity contribution in [2.24, 2.45) is 0 Å². The number of carbonyl (C=O) groups excluding carboxylic acids is 3. The number of furan rings is 1. The third-order valence-electron chi connectivity index (χ3n) is 3.77. The van der Waals surface area contributed by atoms with E-state index in [1.165, 1.54) is 0 Å². The second kappa shape index (κ2) is 8.18. The van der Waals surface area contributed by atoms with Crippen molar-refractivity contribution in [1.29, 1.82) is 0 Å². The molecule has 0 spiro atoms. The van der Waals surface area contributed by atoms with E-state index < -0.39 is 24.0 Å². The average molecular weight is 366 g/mol. The summed E-state index contributed by atoms with van der Waals surface area (Å²) in [7, 11) is 0. The van der Waals surface area contributed by atoms with Crippen molar-refractivity contribution < 1.29 is 23.5 Å². The molecule has 0 aliphatic carbocycles. The highest BCUT2D eigenvalue weighted by atomic mass is 16.6. The third-order valence-corrected chi connectivity index (χ3v) is 3.77. The molecule has 0 bridgehead atoms. The van der Waals surface area contributed by atoms with Crippen LogP contribution in [0.1, 0.15) is 29.1 Å². The summed E-state index contributed by atoms with van der Waals surface area (Å²) >= 11 is 0. The van der Waals surface area contributed by atoms with E-state index in [1.54, 1.807) is 61.5 Å². The Morgan fingerprint density at radius 1 is 1.04 bits per heavy atom. The number of urea groups is 1. The lowest BCUT2D eigenvalue weighted by Gasteiger charge is -2.17. The van der Waals surface area contributed by atoms with Crippen LogP contribution >= 0.6 is 0 Å². The summed E-state index contributed by atoms with van der Waals surface area (Å²) in [6, 6.07) is 16.4. The second-order valence-corrected chi connectivity index (χ2v) is 5.69. The Balaban J connectivity index is 1.83. The summed E-state index contributed by atoms with van der Waals surface area (Å²) < 4.78 is 10.8. The molecule has 0 radical (unpaired) electrons. The topological polar surface area (TPSA) is 97.6 Å². The summed E-state index contributed by atoms with van der Waals surface area (Å²) in [5.41, 5.74) is 0.969. The molecule has 138 valence electrons. The third kappa shape index (κ3) is 4.33. The predicted molar refractivity (Wildman–Crippen MR) is 98.0 cm³/mol. The fourth-order valence-corrected chi connectivity index (χ4v) is 2.53. The van der Waals surface area contributed by atoms with Gasteiger partial charge in [-0.2, -0.15) is 0 Å². The number of benzene rings is 2. The van der Waals surface area contributed by atoms with Gasteiger partial charge < -0.3 is 14.5 Å². The highest BCUT2D eigenvalue weighted by molar-refractivity contribution is 5.99. The van der Waals surface area contributed by atoms with E-state index in [-0.39, 0.29) is 5.76 Å². The van der Waals surface area contributed by atoms with Crippen molar-refractivity contribution >= 4 is 28.9 Å². The van der Waals surface area contributed by atoms with Gasteiger partial charge in [0.25, 0.3) is 5.91 Å². The zero-order chi connectivity index (χ0) is 19.2. The van der Waals surface area contributed by atoms with Crippen molar-refractivity contribution in [3.8, 4) is 0 Å². The Bertz CT molecular complexity index is 932. The average Bonchev–Trinajstić information content (AvgIpc) is 3.11. The van der Waals surface area contributed by atoms with E-state index in [0.717, 1.165) is 5.39 Å². The molecule has 7 nitrogen and oxygen atoms in total. The van der Waals surface area contributed by atoms with Gasteiger partial charge in [-0.1, -0.05) is 48.5 Å². The minimum Gasteiger partial charge on any atom is -0.449 e. The van der Waals surface area contributed by atoms with Crippen molar-refractivity contribution in [2.75, 3.05) is 6.54 Å². The fraction of sp³-hybridized carbons (Fsp3) is 0.150. The van der Waals surface area contributed by atoms with Crippen molar-refractivity contribution in [2.45, 2.75) is 13.0 Å². The number of rotatable bonds is 5. The van der Waals surface area contributed by atoms with Crippen LogP contribution < -0.4 is 10.6 Å². The molecule has 0 unspecified atom stereocenters. The zero-order valence-corrected chi connectivity index (χ0v) is 14.6. The van der Waals surface area contributed by atoms with Gasteiger partial charge in [0.05, 0.1) is 0 Å². The quantitative estimate of drug-likeness (QED) is 0.676. The van der Waals surface area contributed by atoms with Crippen molar-refractivity contribution in [1.82, 2.24) is 10.6 Å². The first kappa shape index (κ1) is 18.2. The van der Waals surface area contributed by atoms with Gasteiger partial charge >= 0.3 is 12.0 Å². The standard InChI is InChI=1S/C20H18N2O5/c1-2-21-20(25)22-18(23)17(13-8-4-3-5-9-13)27-19(24)16-12-14-10-6-7-11-15(14)26-16/h3-12,17H,2H2,1H3,(H2,21,22,23,25)/t17-/m0/s1. The number of esters is 1. The Morgan fingerprint density at radius 3 is 2.44 bits per heavy atom. The summed E-state index contributed by atoms with van der Waals surface area (Å²) in [5.74, 6) is -1.58. The van der Waals surface area contributed by atoms with E-state index in [2.05, 4.69) is 10.6 Å². The molecule has 2 N–H and O–H groups in total. The molecule has 3 amide bonds. The van der Waals surface area contributed by atoms with Crippen LogP contribution in [0.15, 0.2) is 65.1 Å². The Labute approximate surface area is 155 Å². The molecule has 0 saturated carbocycles. The number of hydrogen-bond acceptors (Lipinski definition) is 5. The molecular weight excluding hydrogens is 348 g/mol. The molecule has 2 aromatic carbocycles. The maximum absolute atomic E-state index is 12.5. The summed E-state index contributed by atoms with van der Waals surface area (Å²) in [6.45, 7) is 2.08. The minimum atomic E-state index is -1.30. The molecule has 0 aliphatic rings. The first-order chi connectivity index (χ1) is 13.1. The molecule has 1 aromatic heterocycles. The van der Waals surface area contributed by atoms with Crippen LogP contribution in [-0.2, 0) is 9.53 Å². The first-order valence-corrected chi connectivity index (χ1v) is 8.41. The van der Waals surface area contributed by atoms with E-state index in [9.17, 15) is 14.4 Å². The molecule has 0 saturated heterocycles. The van der Waals surface area contributed by atoms with Gasteiger partial charge in [-0.3, -0.25) is 10.1 Å². The lowest BCUT2D eigenvalue weighted by molar-refractivity contribution is -0.129. The maximum Gasteiger partial charge on any atom is 0.375 e. The van der Waals surface area contributed by atoms with E-state index in [4.69, 9.17) is 9.15 Å². The number of fused-ring (bicyclic) bond motifs is 1. The number of para-hydroxylation sites is 1. The van der Waals surface area contributed by atoms with Gasteiger partial charge in [0.2, 0.25) is 11.9 Å². The van der Waals surface area contributed by atoms with Gasteiger partial charge in [0.15, 0.2) is 0 Å². The molecular formula is C20H18N2O5. The highest BCUT2D eigenvalue weighted by Gasteiger charge is 2.28. The lowest BCUT2D eigenvalue weighted by atomic mass is 10.1. The van der Waals surface area contributed by atoms with E-state index in [0.29, 0.717) is 17.7 Å². The molecule has 3 rings (SSSR count). The lowest BCUT2D eigenvalue weighted by Crippen LogP contribution is -2.42. The second-order valence-electron chi connectivity index (χ2n) is 5.69. The number of amides is 3. The first-order valence-electron chi connectivity index (χ1n) is 8.41. The van der Waals surface area contributed by atoms with E-state index >= 15 is 0 Å². The number of ether oxygens (including phenoxy) is 1. The Kier molecular flexibility index (Phi) is 5.51. The largest absolute Gasteiger partial charge is 0.449 e. The van der Waals surface area contributed by atoms with Crippen LogP contribution in [-0.4, -0.2) is 24.5 Å². The molecule has 27 heavy (non-hydrogen) atoms. The maximum atomic E-state index is 12.5. The van der Waals surface area contributed by atoms with Crippen LogP contribution in [0.5, 0.6) is 0 Å². The van der Waals surface area contributed by atoms with Crippen LogP contribution in [0.25, 0.3) is 11.0 Å². The fourth-order valence-electron chi connectivity index (χ4n) is 2.53.